The van der Waals surface area contributed by atoms with Gasteiger partial charge in [-0.1, -0.05) is 0 Å². The van der Waals surface area contributed by atoms with Gasteiger partial charge in [-0.2, -0.15) is 5.10 Å². The highest BCUT2D eigenvalue weighted by Crippen LogP contribution is 2.21. The Kier molecular flexibility index (Phi) is 5.74. The fourth-order valence-corrected chi connectivity index (χ4v) is 2.49. The minimum atomic E-state index is 0.497. The number of rotatable bonds is 7. The van der Waals surface area contributed by atoms with E-state index in [9.17, 15) is 0 Å². The number of thiazole rings is 1. The SMILES string of the molecule is CCOc1ccc(C=NNc2nc(N)cs2)cc1CN(C)C. The van der Waals surface area contributed by atoms with Gasteiger partial charge in [0.2, 0.25) is 5.13 Å². The summed E-state index contributed by atoms with van der Waals surface area (Å²) in [5.74, 6) is 1.41. The van der Waals surface area contributed by atoms with Gasteiger partial charge in [0.05, 0.1) is 12.8 Å². The molecule has 3 N–H and O–H groups in total. The lowest BCUT2D eigenvalue weighted by Gasteiger charge is -2.15. The second kappa shape index (κ2) is 7.77. The van der Waals surface area contributed by atoms with E-state index in [0.29, 0.717) is 17.6 Å². The maximum atomic E-state index is 5.66. The van der Waals surface area contributed by atoms with Gasteiger partial charge >= 0.3 is 0 Å². The average molecular weight is 319 g/mol. The predicted octanol–water partition coefficient (Wildman–Crippen LogP) is 2.63. The molecule has 0 amide bonds. The Hall–Kier alpha value is -2.12. The largest absolute Gasteiger partial charge is 0.494 e. The van der Waals surface area contributed by atoms with Crippen molar-refractivity contribution in [1.29, 1.82) is 0 Å². The molecule has 22 heavy (non-hydrogen) atoms. The van der Waals surface area contributed by atoms with Crippen molar-refractivity contribution >= 4 is 28.5 Å². The van der Waals surface area contributed by atoms with Crippen molar-refractivity contribution in [2.24, 2.45) is 5.10 Å². The van der Waals surface area contributed by atoms with Crippen molar-refractivity contribution in [3.05, 3.63) is 34.7 Å². The predicted molar refractivity (Wildman–Crippen MR) is 92.7 cm³/mol. The Morgan fingerprint density at radius 1 is 1.45 bits per heavy atom. The number of nitrogens with two attached hydrogens (primary N) is 1. The molecule has 0 atom stereocenters. The molecule has 1 aromatic heterocycles. The monoisotopic (exact) mass is 319 g/mol. The van der Waals surface area contributed by atoms with Crippen molar-refractivity contribution in [2.45, 2.75) is 13.5 Å². The number of hydrazone groups is 1. The third-order valence-electron chi connectivity index (χ3n) is 2.77. The third kappa shape index (κ3) is 4.71. The number of hydrogen-bond donors (Lipinski definition) is 2. The second-order valence-corrected chi connectivity index (χ2v) is 5.84. The highest BCUT2D eigenvalue weighted by atomic mass is 32.1. The van der Waals surface area contributed by atoms with Crippen molar-refractivity contribution in [3.63, 3.8) is 0 Å². The van der Waals surface area contributed by atoms with Gasteiger partial charge in [0, 0.05) is 17.5 Å². The Bertz CT molecular complexity index is 639. The van der Waals surface area contributed by atoms with E-state index in [4.69, 9.17) is 10.5 Å². The summed E-state index contributed by atoms with van der Waals surface area (Å²) >= 11 is 1.42. The maximum absolute atomic E-state index is 5.66. The zero-order valence-corrected chi connectivity index (χ0v) is 13.9. The van der Waals surface area contributed by atoms with Gasteiger partial charge in [-0.3, -0.25) is 5.43 Å². The normalized spacial score (nSPS) is 11.3. The number of nitrogens with zero attached hydrogens (tertiary/aromatic N) is 3. The highest BCUT2D eigenvalue weighted by Gasteiger charge is 2.05. The summed E-state index contributed by atoms with van der Waals surface area (Å²) in [4.78, 5) is 6.19. The Morgan fingerprint density at radius 3 is 2.91 bits per heavy atom. The van der Waals surface area contributed by atoms with Crippen LogP contribution in [0, 0.1) is 0 Å². The van der Waals surface area contributed by atoms with Crippen LogP contribution >= 0.6 is 11.3 Å². The first kappa shape index (κ1) is 16.3. The first-order chi connectivity index (χ1) is 10.6. The molecule has 1 heterocycles. The lowest BCUT2D eigenvalue weighted by molar-refractivity contribution is 0.325. The molecule has 0 saturated heterocycles. The Balaban J connectivity index is 2.09. The minimum Gasteiger partial charge on any atom is -0.494 e. The fraction of sp³-hybridized carbons (Fsp3) is 0.333. The van der Waals surface area contributed by atoms with Gasteiger partial charge in [-0.25, -0.2) is 4.98 Å². The van der Waals surface area contributed by atoms with Crippen LogP contribution in [0.2, 0.25) is 0 Å². The summed E-state index contributed by atoms with van der Waals surface area (Å²) in [6.07, 6.45) is 1.76. The van der Waals surface area contributed by atoms with E-state index < -0.39 is 0 Å². The molecule has 2 rings (SSSR count). The topological polar surface area (TPSA) is 75.8 Å². The van der Waals surface area contributed by atoms with Crippen molar-refractivity contribution in [2.75, 3.05) is 31.9 Å². The van der Waals surface area contributed by atoms with Crippen LogP contribution in [-0.2, 0) is 6.54 Å². The standard InChI is InChI=1S/C15H21N5OS/c1-4-21-13-6-5-11(7-12(13)9-20(2)3)8-17-19-15-18-14(16)10-22-15/h5-8,10H,4,9,16H2,1-3H3,(H,18,19). The van der Waals surface area contributed by atoms with Crippen LogP contribution in [0.1, 0.15) is 18.1 Å². The number of benzene rings is 1. The molecule has 0 spiro atoms. The lowest BCUT2D eigenvalue weighted by atomic mass is 10.1. The number of nitrogen functional groups attached to an aromatic ring is 1. The van der Waals surface area contributed by atoms with E-state index in [1.165, 1.54) is 11.3 Å². The van der Waals surface area contributed by atoms with Gasteiger partial charge in [0.25, 0.3) is 0 Å². The molecular weight excluding hydrogens is 298 g/mol. The molecule has 0 saturated carbocycles. The number of anilines is 2. The molecule has 0 aliphatic carbocycles. The van der Waals surface area contributed by atoms with Crippen molar-refractivity contribution < 1.29 is 4.74 Å². The molecule has 1 aromatic carbocycles. The van der Waals surface area contributed by atoms with Crippen LogP contribution < -0.4 is 15.9 Å². The van der Waals surface area contributed by atoms with Gasteiger partial charge in [0.1, 0.15) is 11.6 Å². The number of hydrogen-bond acceptors (Lipinski definition) is 7. The molecule has 118 valence electrons. The fourth-order valence-electron chi connectivity index (χ4n) is 1.94. The van der Waals surface area contributed by atoms with Gasteiger partial charge in [0.15, 0.2) is 0 Å². The molecule has 6 nitrogen and oxygen atoms in total. The Morgan fingerprint density at radius 2 is 2.27 bits per heavy atom. The van der Waals surface area contributed by atoms with Crippen LogP contribution in [0.25, 0.3) is 0 Å². The number of nitrogens with one attached hydrogen (secondary N) is 1. The van der Waals surface area contributed by atoms with E-state index in [0.717, 1.165) is 23.4 Å². The second-order valence-electron chi connectivity index (χ2n) is 4.99. The van der Waals surface area contributed by atoms with E-state index in [-0.39, 0.29) is 0 Å². The molecule has 0 bridgehead atoms. The van der Waals surface area contributed by atoms with Crippen molar-refractivity contribution in [3.8, 4) is 5.75 Å². The van der Waals surface area contributed by atoms with Crippen LogP contribution in [0.4, 0.5) is 10.9 Å². The summed E-state index contributed by atoms with van der Waals surface area (Å²) < 4.78 is 5.66. The zero-order chi connectivity index (χ0) is 15.9. The smallest absolute Gasteiger partial charge is 0.205 e. The van der Waals surface area contributed by atoms with E-state index in [1.807, 2.05) is 33.2 Å². The van der Waals surface area contributed by atoms with Crippen LogP contribution in [0.3, 0.4) is 0 Å². The van der Waals surface area contributed by atoms with Crippen LogP contribution in [0.5, 0.6) is 5.75 Å². The average Bonchev–Trinajstić information content (AvgIpc) is 2.87. The third-order valence-corrected chi connectivity index (χ3v) is 3.53. The zero-order valence-electron chi connectivity index (χ0n) is 13.0. The molecular formula is C15H21N5OS. The maximum Gasteiger partial charge on any atom is 0.205 e. The molecule has 0 aliphatic rings. The van der Waals surface area contributed by atoms with E-state index in [1.54, 1.807) is 11.6 Å². The van der Waals surface area contributed by atoms with E-state index >= 15 is 0 Å². The van der Waals surface area contributed by atoms with Crippen LogP contribution in [-0.4, -0.2) is 36.8 Å². The van der Waals surface area contributed by atoms with Crippen molar-refractivity contribution in [1.82, 2.24) is 9.88 Å². The van der Waals surface area contributed by atoms with Gasteiger partial charge in [-0.15, -0.1) is 11.3 Å². The molecule has 7 heteroatoms. The molecule has 0 unspecified atom stereocenters. The summed E-state index contributed by atoms with van der Waals surface area (Å²) in [6.45, 7) is 3.45. The first-order valence-corrected chi connectivity index (χ1v) is 7.87. The van der Waals surface area contributed by atoms with Crippen LogP contribution in [0.15, 0.2) is 28.7 Å². The van der Waals surface area contributed by atoms with Gasteiger partial charge < -0.3 is 15.4 Å². The Labute approximate surface area is 134 Å². The quantitative estimate of drug-likeness (QED) is 0.606. The summed E-state index contributed by atoms with van der Waals surface area (Å²) in [5, 5.41) is 6.63. The molecule has 0 radical (unpaired) electrons. The number of ether oxygens (including phenoxy) is 1. The molecule has 0 aliphatic heterocycles. The highest BCUT2D eigenvalue weighted by molar-refractivity contribution is 7.14. The summed E-state index contributed by atoms with van der Waals surface area (Å²) in [6, 6.07) is 6.03. The number of aromatic nitrogens is 1. The summed E-state index contributed by atoms with van der Waals surface area (Å²) in [5.41, 5.74) is 10.6. The minimum absolute atomic E-state index is 0.497. The molecule has 0 fully saturated rings. The lowest BCUT2D eigenvalue weighted by Crippen LogP contribution is -2.12. The van der Waals surface area contributed by atoms with E-state index in [2.05, 4.69) is 26.5 Å². The summed E-state index contributed by atoms with van der Waals surface area (Å²) in [7, 11) is 4.07. The van der Waals surface area contributed by atoms with Gasteiger partial charge in [-0.05, 0) is 44.8 Å². The first-order valence-electron chi connectivity index (χ1n) is 6.99. The molecule has 2 aromatic rings.